The zero-order valence-electron chi connectivity index (χ0n) is 18.1. The number of fused-ring (bicyclic) bond motifs is 2. The van der Waals surface area contributed by atoms with Crippen LogP contribution in [0.4, 0.5) is 0 Å². The number of aromatic nitrogens is 3. The van der Waals surface area contributed by atoms with E-state index in [1.165, 1.54) is 27.2 Å². The Morgan fingerprint density at radius 2 is 1.79 bits per heavy atom. The third-order valence-electron chi connectivity index (χ3n) is 5.94. The van der Waals surface area contributed by atoms with Crippen LogP contribution in [0.15, 0.2) is 73.8 Å². The summed E-state index contributed by atoms with van der Waals surface area (Å²) in [5, 5.41) is 9.00. The molecular formula is C23H22BrN5O4S. The van der Waals surface area contributed by atoms with Crippen molar-refractivity contribution < 1.29 is 13.2 Å². The molecule has 4 aromatic rings. The fourth-order valence-corrected chi connectivity index (χ4v) is 5.74. The fourth-order valence-electron chi connectivity index (χ4n) is 4.09. The van der Waals surface area contributed by atoms with Gasteiger partial charge in [0.25, 0.3) is 5.56 Å². The highest BCUT2D eigenvalue weighted by Crippen LogP contribution is 2.22. The van der Waals surface area contributed by atoms with Gasteiger partial charge < -0.3 is 9.30 Å². The molecule has 0 amide bonds. The molecule has 1 aliphatic rings. The molecule has 0 radical (unpaired) electrons. The monoisotopic (exact) mass is 543 g/mol. The first-order valence-electron chi connectivity index (χ1n) is 10.8. The summed E-state index contributed by atoms with van der Waals surface area (Å²) in [7, 11) is -4.05. The van der Waals surface area contributed by atoms with Crippen LogP contribution in [0.3, 0.4) is 0 Å². The lowest BCUT2D eigenvalue weighted by Crippen LogP contribution is -2.40. The van der Waals surface area contributed by atoms with Gasteiger partial charge in [0.15, 0.2) is 0 Å². The minimum Gasteiger partial charge on any atom is -0.379 e. The number of nitrogens with one attached hydrogen (secondary N) is 1. The first-order valence-corrected chi connectivity index (χ1v) is 13.0. The van der Waals surface area contributed by atoms with Gasteiger partial charge in [-0.1, -0.05) is 22.0 Å². The van der Waals surface area contributed by atoms with Crippen LogP contribution in [-0.2, 0) is 21.1 Å². The number of sulfone groups is 1. The fraction of sp³-hybridized carbons (Fsp3) is 0.261. The highest BCUT2D eigenvalue weighted by molar-refractivity contribution is 9.10. The number of nitrogens with zero attached hydrogens (tertiary/aromatic N) is 4. The minimum atomic E-state index is -4.05. The zero-order valence-corrected chi connectivity index (χ0v) is 20.5. The first kappa shape index (κ1) is 22.9. The predicted molar refractivity (Wildman–Crippen MR) is 130 cm³/mol. The van der Waals surface area contributed by atoms with Gasteiger partial charge in [-0.3, -0.25) is 19.5 Å². The van der Waals surface area contributed by atoms with E-state index in [4.69, 9.17) is 10.1 Å². The molecule has 34 heavy (non-hydrogen) atoms. The third kappa shape index (κ3) is 4.09. The molecule has 11 heteroatoms. The number of rotatable bonds is 5. The molecule has 176 valence electrons. The van der Waals surface area contributed by atoms with Crippen molar-refractivity contribution in [3.63, 3.8) is 0 Å². The normalized spacial score (nSPS) is 15.2. The van der Waals surface area contributed by atoms with Crippen molar-refractivity contribution in [1.29, 1.82) is 5.41 Å². The molecule has 0 bridgehead atoms. The molecule has 1 aromatic carbocycles. The maximum atomic E-state index is 13.5. The lowest BCUT2D eigenvalue weighted by molar-refractivity contribution is 0.0363. The zero-order chi connectivity index (χ0) is 23.9. The quantitative estimate of drug-likeness (QED) is 0.386. The largest absolute Gasteiger partial charge is 0.379 e. The Labute approximate surface area is 203 Å². The second-order valence-electron chi connectivity index (χ2n) is 8.00. The maximum Gasteiger partial charge on any atom is 0.267 e. The summed E-state index contributed by atoms with van der Waals surface area (Å²) in [5.41, 5.74) is 0.149. The molecule has 3 aromatic heterocycles. The van der Waals surface area contributed by atoms with E-state index in [0.29, 0.717) is 37.6 Å². The van der Waals surface area contributed by atoms with E-state index >= 15 is 0 Å². The van der Waals surface area contributed by atoms with Crippen molar-refractivity contribution >= 4 is 42.4 Å². The molecule has 0 aliphatic carbocycles. The lowest BCUT2D eigenvalue weighted by Gasteiger charge is -2.27. The van der Waals surface area contributed by atoms with Crippen molar-refractivity contribution in [2.45, 2.75) is 16.3 Å². The van der Waals surface area contributed by atoms with Crippen molar-refractivity contribution in [1.82, 2.24) is 18.9 Å². The van der Waals surface area contributed by atoms with Gasteiger partial charge in [0.2, 0.25) is 9.84 Å². The smallest absolute Gasteiger partial charge is 0.267 e. The van der Waals surface area contributed by atoms with Gasteiger partial charge in [-0.05, 0) is 42.5 Å². The molecule has 5 rings (SSSR count). The van der Waals surface area contributed by atoms with E-state index in [2.05, 4.69) is 25.8 Å². The van der Waals surface area contributed by atoms with Crippen molar-refractivity contribution in [2.75, 3.05) is 32.8 Å². The molecule has 1 fully saturated rings. The van der Waals surface area contributed by atoms with Crippen molar-refractivity contribution in [3.8, 4) is 0 Å². The number of hydrogen-bond acceptors (Lipinski definition) is 7. The molecule has 4 heterocycles. The number of benzene rings is 1. The average Bonchev–Trinajstić information content (AvgIpc) is 2.84. The van der Waals surface area contributed by atoms with Crippen LogP contribution in [0.5, 0.6) is 0 Å². The Bertz CT molecular complexity index is 1610. The van der Waals surface area contributed by atoms with Gasteiger partial charge in [0.1, 0.15) is 21.7 Å². The Balaban J connectivity index is 1.74. The van der Waals surface area contributed by atoms with Crippen molar-refractivity contribution in [2.24, 2.45) is 0 Å². The van der Waals surface area contributed by atoms with E-state index in [9.17, 15) is 13.2 Å². The first-order chi connectivity index (χ1) is 16.4. The topological polar surface area (TPSA) is 110 Å². The van der Waals surface area contributed by atoms with Crippen molar-refractivity contribution in [3.05, 3.63) is 75.0 Å². The van der Waals surface area contributed by atoms with Gasteiger partial charge >= 0.3 is 0 Å². The average molecular weight is 544 g/mol. The summed E-state index contributed by atoms with van der Waals surface area (Å²) in [6.07, 6.45) is 1.60. The van der Waals surface area contributed by atoms with E-state index in [0.717, 1.165) is 17.6 Å². The summed E-state index contributed by atoms with van der Waals surface area (Å²) in [5.74, 6) is 0. The summed E-state index contributed by atoms with van der Waals surface area (Å²) >= 11 is 3.32. The predicted octanol–water partition coefficient (Wildman–Crippen LogP) is 2.06. The number of hydrogen-bond donors (Lipinski definition) is 1. The molecule has 0 unspecified atom stereocenters. The van der Waals surface area contributed by atoms with Gasteiger partial charge in [0.05, 0.1) is 23.5 Å². The molecule has 0 spiro atoms. The SMILES string of the molecule is N=c1c(S(=O)(=O)c2ccc(Br)cc2)cc2c(=O)n3ccccc3nc2n1CCN1CCOCC1. The molecule has 9 nitrogen and oxygen atoms in total. The molecule has 0 saturated carbocycles. The van der Waals surface area contributed by atoms with E-state index < -0.39 is 9.84 Å². The number of halogens is 1. The minimum absolute atomic E-state index is 0.0529. The number of pyridine rings is 2. The summed E-state index contributed by atoms with van der Waals surface area (Å²) in [6.45, 7) is 3.65. The molecule has 1 saturated heterocycles. The van der Waals surface area contributed by atoms with Crippen LogP contribution < -0.4 is 11.0 Å². The van der Waals surface area contributed by atoms with Crippen LogP contribution >= 0.6 is 15.9 Å². The Morgan fingerprint density at radius 3 is 2.53 bits per heavy atom. The second kappa shape index (κ2) is 9.06. The van der Waals surface area contributed by atoms with E-state index in [1.54, 1.807) is 36.5 Å². The highest BCUT2D eigenvalue weighted by Gasteiger charge is 2.24. The van der Waals surface area contributed by atoms with E-state index in [1.807, 2.05) is 0 Å². The van der Waals surface area contributed by atoms with Crippen LogP contribution in [0.25, 0.3) is 16.7 Å². The standard InChI is InChI=1S/C23H22BrN5O4S/c24-16-4-6-17(7-5-16)34(31,32)19-15-18-22(26-20-3-1-2-8-28(20)23(18)30)29(21(19)25)10-9-27-11-13-33-14-12-27/h1-8,15,25H,9-14H2. The van der Waals surface area contributed by atoms with Gasteiger partial charge in [0, 0.05) is 36.8 Å². The van der Waals surface area contributed by atoms with Crippen LogP contribution in [0, 0.1) is 5.41 Å². The summed E-state index contributed by atoms with van der Waals surface area (Å²) in [4.78, 5) is 20.0. The van der Waals surface area contributed by atoms with Gasteiger partial charge in [-0.15, -0.1) is 0 Å². The number of ether oxygens (including phenoxy) is 1. The molecule has 1 N–H and O–H groups in total. The summed E-state index contributed by atoms with van der Waals surface area (Å²) < 4.78 is 36.1. The van der Waals surface area contributed by atoms with Crippen LogP contribution in [0.1, 0.15) is 0 Å². The van der Waals surface area contributed by atoms with E-state index in [-0.39, 0.29) is 26.2 Å². The highest BCUT2D eigenvalue weighted by atomic mass is 79.9. The van der Waals surface area contributed by atoms with Gasteiger partial charge in [-0.25, -0.2) is 13.4 Å². The van der Waals surface area contributed by atoms with Crippen LogP contribution in [0.2, 0.25) is 0 Å². The molecular weight excluding hydrogens is 522 g/mol. The molecule has 1 aliphatic heterocycles. The summed E-state index contributed by atoms with van der Waals surface area (Å²) in [6, 6.07) is 12.7. The van der Waals surface area contributed by atoms with Gasteiger partial charge in [-0.2, -0.15) is 0 Å². The Hall–Kier alpha value is -2.86. The Morgan fingerprint density at radius 1 is 1.06 bits per heavy atom. The Kier molecular flexibility index (Phi) is 6.11. The second-order valence-corrected chi connectivity index (χ2v) is 10.8. The van der Waals surface area contributed by atoms with Crippen LogP contribution in [-0.4, -0.2) is 60.1 Å². The number of morpholine rings is 1. The molecule has 0 atom stereocenters. The maximum absolute atomic E-state index is 13.5. The lowest BCUT2D eigenvalue weighted by atomic mass is 10.3. The third-order valence-corrected chi connectivity index (χ3v) is 8.25.